The van der Waals surface area contributed by atoms with E-state index in [2.05, 4.69) is 34.7 Å². The van der Waals surface area contributed by atoms with E-state index in [0.29, 0.717) is 32.3 Å². The van der Waals surface area contributed by atoms with Gasteiger partial charge in [-0.3, -0.25) is 9.48 Å². The first-order valence-corrected chi connectivity index (χ1v) is 9.02. The number of fused-ring (bicyclic) bond motifs is 1. The lowest BCUT2D eigenvalue weighted by atomic mass is 9.88. The van der Waals surface area contributed by atoms with Gasteiger partial charge < -0.3 is 15.0 Å². The van der Waals surface area contributed by atoms with Crippen LogP contribution in [0.3, 0.4) is 0 Å². The number of nitrogens with zero attached hydrogens (tertiary/aromatic N) is 3. The lowest BCUT2D eigenvalue weighted by Crippen LogP contribution is -2.42. The van der Waals surface area contributed by atoms with Crippen LogP contribution in [0.25, 0.3) is 0 Å². The fourth-order valence-corrected chi connectivity index (χ4v) is 3.68. The summed E-state index contributed by atoms with van der Waals surface area (Å²) in [6.45, 7) is 2.87. The van der Waals surface area contributed by atoms with Gasteiger partial charge in [0.1, 0.15) is 6.54 Å². The molecule has 2 aliphatic rings. The van der Waals surface area contributed by atoms with Crippen LogP contribution in [0, 0.1) is 0 Å². The number of nitrogens with one attached hydrogen (secondary N) is 1. The Bertz CT molecular complexity index is 737. The zero-order valence-electron chi connectivity index (χ0n) is 14.4. The smallest absolute Gasteiger partial charge is 0.244 e. The molecule has 1 aromatic carbocycles. The van der Waals surface area contributed by atoms with Crippen LogP contribution in [0.1, 0.15) is 30.0 Å². The molecule has 0 unspecified atom stereocenters. The SMILES string of the molecule is O=C(Cn1cc(N[C@H]2CCCc3ccccc32)cn1)N1CCOCC1. The fourth-order valence-electron chi connectivity index (χ4n) is 3.68. The van der Waals surface area contributed by atoms with Crippen LogP contribution in [0.2, 0.25) is 0 Å². The number of hydrogen-bond donors (Lipinski definition) is 1. The van der Waals surface area contributed by atoms with Crippen molar-refractivity contribution in [2.75, 3.05) is 31.6 Å². The molecule has 132 valence electrons. The summed E-state index contributed by atoms with van der Waals surface area (Å²) < 4.78 is 7.01. The van der Waals surface area contributed by atoms with Gasteiger partial charge in [-0.25, -0.2) is 0 Å². The Kier molecular flexibility index (Phi) is 4.70. The third-order valence-corrected chi connectivity index (χ3v) is 5.00. The molecule has 2 heterocycles. The largest absolute Gasteiger partial charge is 0.378 e. The predicted octanol–water partition coefficient (Wildman–Crippen LogP) is 2.23. The molecule has 0 spiro atoms. The van der Waals surface area contributed by atoms with E-state index in [9.17, 15) is 4.79 Å². The van der Waals surface area contributed by atoms with Gasteiger partial charge in [0.15, 0.2) is 0 Å². The molecule has 6 heteroatoms. The molecule has 25 heavy (non-hydrogen) atoms. The number of rotatable bonds is 4. The second-order valence-electron chi connectivity index (χ2n) is 6.71. The number of ether oxygens (including phenoxy) is 1. The highest BCUT2D eigenvalue weighted by molar-refractivity contribution is 5.76. The van der Waals surface area contributed by atoms with Gasteiger partial charge in [-0.2, -0.15) is 5.10 Å². The summed E-state index contributed by atoms with van der Waals surface area (Å²) in [5, 5.41) is 7.93. The molecule has 1 aliphatic carbocycles. The van der Waals surface area contributed by atoms with E-state index in [4.69, 9.17) is 4.74 Å². The first kappa shape index (κ1) is 16.1. The minimum atomic E-state index is 0.0981. The van der Waals surface area contributed by atoms with Crippen LogP contribution < -0.4 is 5.32 Å². The second kappa shape index (κ2) is 7.27. The lowest BCUT2D eigenvalue weighted by molar-refractivity contribution is -0.136. The average Bonchev–Trinajstić information content (AvgIpc) is 3.09. The normalized spacial score (nSPS) is 20.2. The summed E-state index contributed by atoms with van der Waals surface area (Å²) in [7, 11) is 0. The zero-order chi connectivity index (χ0) is 17.1. The maximum atomic E-state index is 12.3. The summed E-state index contributed by atoms with van der Waals surface area (Å²) in [4.78, 5) is 14.2. The van der Waals surface area contributed by atoms with Gasteiger partial charge in [-0.05, 0) is 30.4 Å². The molecule has 1 saturated heterocycles. The number of carbonyl (C=O) groups is 1. The second-order valence-corrected chi connectivity index (χ2v) is 6.71. The van der Waals surface area contributed by atoms with Gasteiger partial charge in [0.05, 0.1) is 31.1 Å². The number of morpholine rings is 1. The molecule has 4 rings (SSSR count). The van der Waals surface area contributed by atoms with E-state index in [1.54, 1.807) is 4.68 Å². The lowest BCUT2D eigenvalue weighted by Gasteiger charge is -2.27. The van der Waals surface area contributed by atoms with Crippen molar-refractivity contribution in [1.82, 2.24) is 14.7 Å². The molecule has 0 radical (unpaired) electrons. The number of amides is 1. The van der Waals surface area contributed by atoms with Crippen molar-refractivity contribution in [2.24, 2.45) is 0 Å². The van der Waals surface area contributed by atoms with Crippen molar-refractivity contribution >= 4 is 11.6 Å². The molecule has 0 saturated carbocycles. The van der Waals surface area contributed by atoms with Crippen LogP contribution in [0.15, 0.2) is 36.7 Å². The van der Waals surface area contributed by atoms with Crippen molar-refractivity contribution in [2.45, 2.75) is 31.8 Å². The Balaban J connectivity index is 1.39. The highest BCUT2D eigenvalue weighted by Gasteiger charge is 2.21. The Morgan fingerprint density at radius 1 is 1.28 bits per heavy atom. The molecule has 1 N–H and O–H groups in total. The van der Waals surface area contributed by atoms with Crippen molar-refractivity contribution in [3.05, 3.63) is 47.8 Å². The summed E-state index contributed by atoms with van der Waals surface area (Å²) in [5.74, 6) is 0.0981. The number of hydrogen-bond acceptors (Lipinski definition) is 4. The van der Waals surface area contributed by atoms with E-state index < -0.39 is 0 Å². The molecule has 1 amide bonds. The van der Waals surface area contributed by atoms with E-state index in [-0.39, 0.29) is 12.5 Å². The van der Waals surface area contributed by atoms with Gasteiger partial charge in [0.2, 0.25) is 5.91 Å². The maximum absolute atomic E-state index is 12.3. The Morgan fingerprint density at radius 3 is 3.00 bits per heavy atom. The van der Waals surface area contributed by atoms with Gasteiger partial charge in [0.25, 0.3) is 0 Å². The first-order chi connectivity index (χ1) is 12.3. The molecule has 2 aromatic rings. The molecular weight excluding hydrogens is 316 g/mol. The van der Waals surface area contributed by atoms with Gasteiger partial charge >= 0.3 is 0 Å². The molecule has 0 bridgehead atoms. The molecule has 6 nitrogen and oxygen atoms in total. The van der Waals surface area contributed by atoms with Crippen LogP contribution in [0.4, 0.5) is 5.69 Å². The molecule has 1 aromatic heterocycles. The van der Waals surface area contributed by atoms with Crippen LogP contribution >= 0.6 is 0 Å². The number of carbonyl (C=O) groups excluding carboxylic acids is 1. The van der Waals surface area contributed by atoms with E-state index in [1.807, 2.05) is 17.3 Å². The summed E-state index contributed by atoms with van der Waals surface area (Å²) in [5.41, 5.74) is 3.78. The zero-order valence-corrected chi connectivity index (χ0v) is 14.4. The Hall–Kier alpha value is -2.34. The van der Waals surface area contributed by atoms with Gasteiger partial charge in [0, 0.05) is 19.3 Å². The molecule has 1 fully saturated rings. The quantitative estimate of drug-likeness (QED) is 0.927. The third kappa shape index (κ3) is 3.69. The van der Waals surface area contributed by atoms with Crippen molar-refractivity contribution in [1.29, 1.82) is 0 Å². The highest BCUT2D eigenvalue weighted by atomic mass is 16.5. The van der Waals surface area contributed by atoms with Crippen molar-refractivity contribution in [3.63, 3.8) is 0 Å². The van der Waals surface area contributed by atoms with Crippen LogP contribution in [-0.4, -0.2) is 46.9 Å². The maximum Gasteiger partial charge on any atom is 0.244 e. The van der Waals surface area contributed by atoms with Crippen LogP contribution in [-0.2, 0) is 22.5 Å². The standard InChI is InChI=1S/C19H24N4O2/c24-19(22-8-10-25-11-9-22)14-23-13-16(12-20-23)21-18-7-3-5-15-4-1-2-6-17(15)18/h1-2,4,6,12-13,18,21H,3,5,7-11,14H2/t18-/m0/s1. The highest BCUT2D eigenvalue weighted by Crippen LogP contribution is 2.32. The first-order valence-electron chi connectivity index (χ1n) is 9.02. The van der Waals surface area contributed by atoms with Crippen molar-refractivity contribution in [3.8, 4) is 0 Å². The molecular formula is C19H24N4O2. The fraction of sp³-hybridized carbons (Fsp3) is 0.474. The molecule has 1 atom stereocenters. The Labute approximate surface area is 147 Å². The third-order valence-electron chi connectivity index (χ3n) is 5.00. The summed E-state index contributed by atoms with van der Waals surface area (Å²) in [6.07, 6.45) is 7.20. The van der Waals surface area contributed by atoms with E-state index >= 15 is 0 Å². The van der Waals surface area contributed by atoms with E-state index in [1.165, 1.54) is 17.5 Å². The topological polar surface area (TPSA) is 59.4 Å². The minimum Gasteiger partial charge on any atom is -0.378 e. The minimum absolute atomic E-state index is 0.0981. The monoisotopic (exact) mass is 340 g/mol. The van der Waals surface area contributed by atoms with Gasteiger partial charge in [-0.15, -0.1) is 0 Å². The van der Waals surface area contributed by atoms with Crippen molar-refractivity contribution < 1.29 is 9.53 Å². The van der Waals surface area contributed by atoms with Crippen LogP contribution in [0.5, 0.6) is 0 Å². The number of benzene rings is 1. The van der Waals surface area contributed by atoms with Gasteiger partial charge in [-0.1, -0.05) is 24.3 Å². The summed E-state index contributed by atoms with van der Waals surface area (Å²) in [6, 6.07) is 8.95. The average molecular weight is 340 g/mol. The number of aryl methyl sites for hydroxylation is 1. The molecule has 1 aliphatic heterocycles. The summed E-state index contributed by atoms with van der Waals surface area (Å²) >= 11 is 0. The predicted molar refractivity (Wildman–Crippen MR) is 95.4 cm³/mol. The number of anilines is 1. The Morgan fingerprint density at radius 2 is 2.12 bits per heavy atom. The number of aromatic nitrogens is 2. The van der Waals surface area contributed by atoms with E-state index in [0.717, 1.165) is 18.5 Å².